The van der Waals surface area contributed by atoms with Crippen molar-refractivity contribution in [2.24, 2.45) is 11.8 Å². The molecule has 1 aliphatic carbocycles. The molecule has 5 nitrogen and oxygen atoms in total. The highest BCUT2D eigenvalue weighted by molar-refractivity contribution is 5.50. The van der Waals surface area contributed by atoms with Gasteiger partial charge in [-0.15, -0.1) is 0 Å². The van der Waals surface area contributed by atoms with Crippen LogP contribution in [0.2, 0.25) is 0 Å². The highest BCUT2D eigenvalue weighted by atomic mass is 16.3. The molecule has 2 aliphatic rings. The van der Waals surface area contributed by atoms with Crippen LogP contribution in [-0.2, 0) is 12.1 Å². The van der Waals surface area contributed by atoms with Gasteiger partial charge in [-0.3, -0.25) is 9.88 Å². The molecule has 162 valence electrons. The van der Waals surface area contributed by atoms with Crippen molar-refractivity contribution in [3.05, 3.63) is 77.9 Å². The van der Waals surface area contributed by atoms with Crippen molar-refractivity contribution in [3.63, 3.8) is 0 Å². The van der Waals surface area contributed by atoms with Crippen LogP contribution < -0.4 is 4.90 Å². The predicted molar refractivity (Wildman–Crippen MR) is 124 cm³/mol. The van der Waals surface area contributed by atoms with Crippen molar-refractivity contribution in [1.29, 1.82) is 0 Å². The molecule has 1 aromatic carbocycles. The number of rotatable bonds is 5. The van der Waals surface area contributed by atoms with Gasteiger partial charge in [0.1, 0.15) is 5.60 Å². The molecule has 1 aliphatic heterocycles. The molecular weight excluding hydrogens is 384 g/mol. The number of anilines is 1. The minimum Gasteiger partial charge on any atom is -0.383 e. The van der Waals surface area contributed by atoms with Crippen LogP contribution in [0.25, 0.3) is 5.69 Å². The molecule has 2 fully saturated rings. The molecule has 1 saturated carbocycles. The maximum absolute atomic E-state index is 11.6. The molecule has 5 heteroatoms. The molecule has 5 rings (SSSR count). The number of aryl methyl sites for hydroxylation is 1. The summed E-state index contributed by atoms with van der Waals surface area (Å²) in [6.45, 7) is 4.90. The van der Waals surface area contributed by atoms with Crippen molar-refractivity contribution in [2.75, 3.05) is 32.1 Å². The van der Waals surface area contributed by atoms with Gasteiger partial charge in [-0.1, -0.05) is 6.07 Å². The number of likely N-dealkylation sites (tertiary alicyclic amines) is 1. The highest BCUT2D eigenvalue weighted by Crippen LogP contribution is 2.50. The van der Waals surface area contributed by atoms with Crippen molar-refractivity contribution in [1.82, 2.24) is 14.5 Å². The lowest BCUT2D eigenvalue weighted by Gasteiger charge is -2.30. The first kappa shape index (κ1) is 20.3. The fraction of sp³-hybridized carbons (Fsp3) is 0.423. The maximum atomic E-state index is 11.6. The topological polar surface area (TPSA) is 44.5 Å². The van der Waals surface area contributed by atoms with E-state index in [2.05, 4.69) is 82.1 Å². The van der Waals surface area contributed by atoms with Crippen LogP contribution in [0.4, 0.5) is 5.69 Å². The van der Waals surface area contributed by atoms with E-state index in [4.69, 9.17) is 0 Å². The van der Waals surface area contributed by atoms with Crippen LogP contribution in [0.5, 0.6) is 0 Å². The Kier molecular flexibility index (Phi) is 5.11. The van der Waals surface area contributed by atoms with Crippen LogP contribution in [0.15, 0.2) is 60.9 Å². The van der Waals surface area contributed by atoms with Gasteiger partial charge in [-0.05, 0) is 73.7 Å². The summed E-state index contributed by atoms with van der Waals surface area (Å²) in [5.41, 5.74) is 4.86. The normalized spacial score (nSPS) is 25.7. The second kappa shape index (κ2) is 7.81. The summed E-state index contributed by atoms with van der Waals surface area (Å²) in [5.74, 6) is 0.793. The van der Waals surface area contributed by atoms with E-state index in [0.29, 0.717) is 5.92 Å². The molecule has 3 atom stereocenters. The third-order valence-corrected chi connectivity index (χ3v) is 7.24. The summed E-state index contributed by atoms with van der Waals surface area (Å²) in [4.78, 5) is 9.22. The number of pyridine rings is 1. The van der Waals surface area contributed by atoms with Crippen LogP contribution in [-0.4, -0.2) is 46.7 Å². The molecule has 1 saturated heterocycles. The standard InChI is InChI=1S/C26H32N4O/c1-19-6-11-25(27-15-19)26(31)13-12-20-16-29(18-24(20)26)17-23-5-4-14-30(23)22-9-7-21(8-10-22)28(2)3/h4-11,14-15,20,24,31H,12-13,16-18H2,1-3H3/t20-,24+,26-/m1/s1. The van der Waals surface area contributed by atoms with Gasteiger partial charge >= 0.3 is 0 Å². The Bertz CT molecular complexity index is 1040. The zero-order chi connectivity index (χ0) is 21.6. The maximum Gasteiger partial charge on any atom is 0.111 e. The van der Waals surface area contributed by atoms with Gasteiger partial charge in [-0.25, -0.2) is 0 Å². The van der Waals surface area contributed by atoms with E-state index in [0.717, 1.165) is 43.7 Å². The fourth-order valence-electron chi connectivity index (χ4n) is 5.49. The van der Waals surface area contributed by atoms with Crippen LogP contribution in [0.3, 0.4) is 0 Å². The van der Waals surface area contributed by atoms with Crippen LogP contribution in [0.1, 0.15) is 29.8 Å². The number of hydrogen-bond donors (Lipinski definition) is 1. The molecule has 31 heavy (non-hydrogen) atoms. The van der Waals surface area contributed by atoms with Gasteiger partial charge in [0.2, 0.25) is 0 Å². The van der Waals surface area contributed by atoms with Gasteiger partial charge in [-0.2, -0.15) is 0 Å². The van der Waals surface area contributed by atoms with Crippen LogP contribution in [0, 0.1) is 18.8 Å². The van der Waals surface area contributed by atoms with Gasteiger partial charge in [0.25, 0.3) is 0 Å². The summed E-state index contributed by atoms with van der Waals surface area (Å²) in [5, 5.41) is 11.6. The lowest BCUT2D eigenvalue weighted by atomic mass is 9.85. The fourth-order valence-corrected chi connectivity index (χ4v) is 5.49. The smallest absolute Gasteiger partial charge is 0.111 e. The van der Waals surface area contributed by atoms with Gasteiger partial charge in [0.05, 0.1) is 5.69 Å². The number of fused-ring (bicyclic) bond motifs is 1. The number of nitrogens with zero attached hydrogens (tertiary/aromatic N) is 4. The average molecular weight is 417 g/mol. The predicted octanol–water partition coefficient (Wildman–Crippen LogP) is 3.98. The minimum atomic E-state index is -0.795. The molecule has 0 radical (unpaired) electrons. The number of hydrogen-bond acceptors (Lipinski definition) is 4. The number of benzene rings is 1. The summed E-state index contributed by atoms with van der Waals surface area (Å²) < 4.78 is 2.28. The summed E-state index contributed by atoms with van der Waals surface area (Å²) >= 11 is 0. The van der Waals surface area contributed by atoms with E-state index in [-0.39, 0.29) is 5.92 Å². The van der Waals surface area contributed by atoms with Gasteiger partial charge < -0.3 is 14.6 Å². The molecule has 0 bridgehead atoms. The molecule has 3 aromatic rings. The zero-order valence-electron chi connectivity index (χ0n) is 18.7. The second-order valence-corrected chi connectivity index (χ2v) is 9.52. The lowest BCUT2D eigenvalue weighted by molar-refractivity contribution is -0.0109. The van der Waals surface area contributed by atoms with E-state index in [1.165, 1.54) is 17.1 Å². The average Bonchev–Trinajstić information content (AvgIpc) is 3.46. The van der Waals surface area contributed by atoms with E-state index >= 15 is 0 Å². The molecule has 0 spiro atoms. The number of aromatic nitrogens is 2. The van der Waals surface area contributed by atoms with Gasteiger partial charge in [0.15, 0.2) is 0 Å². The quantitative estimate of drug-likeness (QED) is 0.683. The van der Waals surface area contributed by atoms with Crippen molar-refractivity contribution in [3.8, 4) is 5.69 Å². The zero-order valence-corrected chi connectivity index (χ0v) is 18.7. The number of aliphatic hydroxyl groups is 1. The minimum absolute atomic E-state index is 0.255. The molecule has 0 amide bonds. The van der Waals surface area contributed by atoms with E-state index in [9.17, 15) is 5.11 Å². The molecule has 3 heterocycles. The Morgan fingerprint density at radius 3 is 2.61 bits per heavy atom. The van der Waals surface area contributed by atoms with Crippen molar-refractivity contribution in [2.45, 2.75) is 31.9 Å². The molecular formula is C26H32N4O. The third-order valence-electron chi connectivity index (χ3n) is 7.24. The second-order valence-electron chi connectivity index (χ2n) is 9.52. The Morgan fingerprint density at radius 1 is 1.10 bits per heavy atom. The SMILES string of the molecule is Cc1ccc([C@@]2(O)CC[C@@H]3CN(Cc4cccn4-c4ccc(N(C)C)cc4)C[C@@H]32)nc1. The lowest BCUT2D eigenvalue weighted by Crippen LogP contribution is -2.35. The Balaban J connectivity index is 1.32. The Hall–Kier alpha value is -2.63. The molecule has 2 aromatic heterocycles. The van der Waals surface area contributed by atoms with Crippen molar-refractivity contribution < 1.29 is 5.11 Å². The summed E-state index contributed by atoms with van der Waals surface area (Å²) in [6, 6.07) is 17.1. The van der Waals surface area contributed by atoms with E-state index < -0.39 is 5.60 Å². The first-order chi connectivity index (χ1) is 14.9. The molecule has 0 unspecified atom stereocenters. The van der Waals surface area contributed by atoms with Crippen LogP contribution >= 0.6 is 0 Å². The Morgan fingerprint density at radius 2 is 1.90 bits per heavy atom. The largest absolute Gasteiger partial charge is 0.383 e. The van der Waals surface area contributed by atoms with Gasteiger partial charge in [0, 0.05) is 69.1 Å². The third kappa shape index (κ3) is 3.66. The van der Waals surface area contributed by atoms with Crippen molar-refractivity contribution >= 4 is 5.69 Å². The monoisotopic (exact) mass is 416 g/mol. The first-order valence-electron chi connectivity index (χ1n) is 11.3. The highest BCUT2D eigenvalue weighted by Gasteiger charge is 2.53. The molecule has 1 N–H and O–H groups in total. The summed E-state index contributed by atoms with van der Waals surface area (Å²) in [6.07, 6.45) is 5.91. The van der Waals surface area contributed by atoms with E-state index in [1.54, 1.807) is 0 Å². The first-order valence-corrected chi connectivity index (χ1v) is 11.3. The summed E-state index contributed by atoms with van der Waals surface area (Å²) in [7, 11) is 4.13. The Labute approximate surface area is 185 Å². The van der Waals surface area contributed by atoms with E-state index in [1.807, 2.05) is 19.2 Å².